The van der Waals surface area contributed by atoms with Crippen molar-refractivity contribution in [1.82, 2.24) is 10.6 Å². The monoisotopic (exact) mass is 288 g/mol. The molecule has 0 aliphatic heterocycles. The van der Waals surface area contributed by atoms with Gasteiger partial charge in [0.1, 0.15) is 6.04 Å². The molecule has 0 aromatic rings. The first-order chi connectivity index (χ1) is 9.47. The first-order valence-corrected chi connectivity index (χ1v) is 6.38. The molecule has 116 valence electrons. The van der Waals surface area contributed by atoms with Crippen LogP contribution in [0.25, 0.3) is 0 Å². The lowest BCUT2D eigenvalue weighted by molar-refractivity contribution is -0.139. The molecule has 2 atom stereocenters. The van der Waals surface area contributed by atoms with Gasteiger partial charge in [-0.15, -0.1) is 6.58 Å². The van der Waals surface area contributed by atoms with Crippen LogP contribution >= 0.6 is 0 Å². The van der Waals surface area contributed by atoms with E-state index in [4.69, 9.17) is 21.0 Å². The van der Waals surface area contributed by atoms with E-state index in [0.29, 0.717) is 26.0 Å². The van der Waals surface area contributed by atoms with Crippen LogP contribution in [0, 0.1) is 5.41 Å². The Morgan fingerprint density at radius 3 is 2.80 bits per heavy atom. The van der Waals surface area contributed by atoms with E-state index in [0.717, 1.165) is 0 Å². The molecule has 0 rings (SSSR count). The van der Waals surface area contributed by atoms with Gasteiger partial charge in [0.2, 0.25) is 0 Å². The lowest BCUT2D eigenvalue weighted by atomic mass is 10.1. The molecule has 0 aromatic carbocycles. The van der Waals surface area contributed by atoms with E-state index in [-0.39, 0.29) is 19.1 Å². The SMILES string of the molecule is C=CCOCC(O)CN[C@@H](CCCNC(=N)N)C(=O)O. The number of aliphatic hydroxyl groups is 1. The van der Waals surface area contributed by atoms with Gasteiger partial charge in [-0.2, -0.15) is 0 Å². The third-order valence-corrected chi connectivity index (χ3v) is 2.43. The first kappa shape index (κ1) is 18.4. The number of nitrogens with one attached hydrogen (secondary N) is 3. The van der Waals surface area contributed by atoms with Crippen LogP contribution in [-0.4, -0.2) is 60.6 Å². The normalized spacial score (nSPS) is 13.4. The number of hydrogen-bond acceptors (Lipinski definition) is 5. The number of ether oxygens (including phenoxy) is 1. The molecule has 0 fully saturated rings. The Hall–Kier alpha value is -1.64. The van der Waals surface area contributed by atoms with E-state index in [2.05, 4.69) is 17.2 Å². The Kier molecular flexibility index (Phi) is 10.3. The van der Waals surface area contributed by atoms with Gasteiger partial charge in [0.15, 0.2) is 5.96 Å². The van der Waals surface area contributed by atoms with E-state index in [1.165, 1.54) is 0 Å². The second kappa shape index (κ2) is 11.2. The highest BCUT2D eigenvalue weighted by molar-refractivity contribution is 5.74. The van der Waals surface area contributed by atoms with Gasteiger partial charge in [-0.25, -0.2) is 0 Å². The van der Waals surface area contributed by atoms with E-state index in [1.807, 2.05) is 0 Å². The molecule has 8 heteroatoms. The Labute approximate surface area is 118 Å². The van der Waals surface area contributed by atoms with E-state index < -0.39 is 18.1 Å². The maximum atomic E-state index is 11.0. The summed E-state index contributed by atoms with van der Waals surface area (Å²) in [5.41, 5.74) is 5.11. The summed E-state index contributed by atoms with van der Waals surface area (Å²) >= 11 is 0. The molecule has 20 heavy (non-hydrogen) atoms. The molecule has 0 aliphatic carbocycles. The highest BCUT2D eigenvalue weighted by atomic mass is 16.5. The van der Waals surface area contributed by atoms with Crippen molar-refractivity contribution in [2.24, 2.45) is 5.73 Å². The molecule has 8 nitrogen and oxygen atoms in total. The molecule has 7 N–H and O–H groups in total. The van der Waals surface area contributed by atoms with E-state index in [9.17, 15) is 9.90 Å². The summed E-state index contributed by atoms with van der Waals surface area (Å²) in [6.45, 7) is 4.51. The van der Waals surface area contributed by atoms with Crippen LogP contribution in [0.1, 0.15) is 12.8 Å². The molecule has 0 heterocycles. The zero-order chi connectivity index (χ0) is 15.4. The lowest BCUT2D eigenvalue weighted by Gasteiger charge is -2.17. The number of carboxylic acids is 1. The van der Waals surface area contributed by atoms with Gasteiger partial charge in [-0.1, -0.05) is 6.08 Å². The van der Waals surface area contributed by atoms with Crippen LogP contribution in [0.15, 0.2) is 12.7 Å². The molecule has 0 saturated heterocycles. The fraction of sp³-hybridized carbons (Fsp3) is 0.667. The zero-order valence-electron chi connectivity index (χ0n) is 11.5. The predicted molar refractivity (Wildman–Crippen MR) is 75.6 cm³/mol. The summed E-state index contributed by atoms with van der Waals surface area (Å²) in [6.07, 6.45) is 1.72. The number of guanidine groups is 1. The fourth-order valence-electron chi connectivity index (χ4n) is 1.47. The Morgan fingerprint density at radius 1 is 1.55 bits per heavy atom. The van der Waals surface area contributed by atoms with Gasteiger partial charge in [0, 0.05) is 13.1 Å². The van der Waals surface area contributed by atoms with Crippen molar-refractivity contribution in [3.63, 3.8) is 0 Å². The Bertz CT molecular complexity index is 312. The maximum absolute atomic E-state index is 11.0. The van der Waals surface area contributed by atoms with Gasteiger partial charge in [-0.3, -0.25) is 10.2 Å². The standard InChI is InChI=1S/C12H24N4O4/c1-2-6-20-8-9(17)7-16-10(11(18)19)4-3-5-15-12(13)14/h2,9-10,16-17H,1,3-8H2,(H,18,19)(H4,13,14,15)/t9?,10-/m0/s1. The zero-order valence-corrected chi connectivity index (χ0v) is 11.5. The molecule has 0 radical (unpaired) electrons. The van der Waals surface area contributed by atoms with Gasteiger partial charge in [0.05, 0.1) is 19.3 Å². The van der Waals surface area contributed by atoms with Gasteiger partial charge >= 0.3 is 5.97 Å². The molecular formula is C12H24N4O4. The topological polar surface area (TPSA) is 141 Å². The third kappa shape index (κ3) is 10.3. The highest BCUT2D eigenvalue weighted by Crippen LogP contribution is 1.98. The van der Waals surface area contributed by atoms with E-state index >= 15 is 0 Å². The highest BCUT2D eigenvalue weighted by Gasteiger charge is 2.17. The molecule has 1 unspecified atom stereocenters. The molecule has 0 saturated carbocycles. The summed E-state index contributed by atoms with van der Waals surface area (Å²) in [7, 11) is 0. The molecule has 0 amide bonds. The summed E-state index contributed by atoms with van der Waals surface area (Å²) in [4.78, 5) is 11.0. The minimum atomic E-state index is -0.980. The van der Waals surface area contributed by atoms with Crippen molar-refractivity contribution in [2.45, 2.75) is 25.0 Å². The number of nitrogens with two attached hydrogens (primary N) is 1. The third-order valence-electron chi connectivity index (χ3n) is 2.43. The summed E-state index contributed by atoms with van der Waals surface area (Å²) in [5.74, 6) is -1.12. The second-order valence-electron chi connectivity index (χ2n) is 4.26. The minimum Gasteiger partial charge on any atom is -0.480 e. The number of aliphatic carboxylic acids is 1. The van der Waals surface area contributed by atoms with Crippen LogP contribution in [0.5, 0.6) is 0 Å². The van der Waals surface area contributed by atoms with Crippen molar-refractivity contribution >= 4 is 11.9 Å². The first-order valence-electron chi connectivity index (χ1n) is 6.38. The number of carbonyl (C=O) groups is 1. The summed E-state index contributed by atoms with van der Waals surface area (Å²) in [6, 6.07) is -0.752. The van der Waals surface area contributed by atoms with E-state index in [1.54, 1.807) is 6.08 Å². The van der Waals surface area contributed by atoms with Crippen LogP contribution in [0.4, 0.5) is 0 Å². The van der Waals surface area contributed by atoms with Crippen LogP contribution in [-0.2, 0) is 9.53 Å². The number of aliphatic hydroxyl groups excluding tert-OH is 1. The van der Waals surface area contributed by atoms with Crippen LogP contribution in [0.2, 0.25) is 0 Å². The molecule has 0 aromatic heterocycles. The minimum absolute atomic E-state index is 0.122. The van der Waals surface area contributed by atoms with Crippen molar-refractivity contribution in [1.29, 1.82) is 5.41 Å². The molecule has 0 bridgehead atoms. The Morgan fingerprint density at radius 2 is 2.25 bits per heavy atom. The molecule has 0 spiro atoms. The predicted octanol–water partition coefficient (Wildman–Crippen LogP) is -1.14. The quantitative estimate of drug-likeness (QED) is 0.115. The van der Waals surface area contributed by atoms with Crippen molar-refractivity contribution in [3.05, 3.63) is 12.7 Å². The van der Waals surface area contributed by atoms with Crippen molar-refractivity contribution in [3.8, 4) is 0 Å². The average molecular weight is 288 g/mol. The van der Waals surface area contributed by atoms with Crippen LogP contribution in [0.3, 0.4) is 0 Å². The Balaban J connectivity index is 3.87. The van der Waals surface area contributed by atoms with Crippen LogP contribution < -0.4 is 16.4 Å². The summed E-state index contributed by atoms with van der Waals surface area (Å²) in [5, 5.41) is 30.9. The number of hydrogen-bond donors (Lipinski definition) is 6. The van der Waals surface area contributed by atoms with Gasteiger partial charge < -0.3 is 31.3 Å². The fourth-order valence-corrected chi connectivity index (χ4v) is 1.47. The average Bonchev–Trinajstić information content (AvgIpc) is 2.37. The second-order valence-corrected chi connectivity index (χ2v) is 4.26. The lowest BCUT2D eigenvalue weighted by Crippen LogP contribution is -2.42. The smallest absolute Gasteiger partial charge is 0.320 e. The van der Waals surface area contributed by atoms with Crippen molar-refractivity contribution < 1.29 is 19.7 Å². The molecule has 0 aliphatic rings. The maximum Gasteiger partial charge on any atom is 0.320 e. The largest absolute Gasteiger partial charge is 0.480 e. The molecular weight excluding hydrogens is 264 g/mol. The summed E-state index contributed by atoms with van der Waals surface area (Å²) < 4.78 is 5.06. The van der Waals surface area contributed by atoms with Crippen molar-refractivity contribution in [2.75, 3.05) is 26.3 Å². The van der Waals surface area contributed by atoms with Gasteiger partial charge in [-0.05, 0) is 12.8 Å². The van der Waals surface area contributed by atoms with Gasteiger partial charge in [0.25, 0.3) is 0 Å². The number of rotatable bonds is 12. The number of carboxylic acid groups (broad SMARTS) is 1.